The topological polar surface area (TPSA) is 73.5 Å². The number of carbonyl (C=O) groups is 2. The van der Waals surface area contributed by atoms with Crippen molar-refractivity contribution in [2.75, 3.05) is 26.7 Å². The second kappa shape index (κ2) is 5.94. The molecule has 2 rings (SSSR count). The molecule has 0 aliphatic carbocycles. The lowest BCUT2D eigenvalue weighted by molar-refractivity contribution is -0.123. The van der Waals surface area contributed by atoms with Crippen molar-refractivity contribution in [2.24, 2.45) is 0 Å². The first-order chi connectivity index (χ1) is 8.66. The van der Waals surface area contributed by atoms with Gasteiger partial charge in [-0.05, 0) is 18.5 Å². The van der Waals surface area contributed by atoms with E-state index < -0.39 is 0 Å². The molecule has 0 spiro atoms. The molecule has 3 N–H and O–H groups in total. The maximum Gasteiger partial charge on any atom is 0.279 e. The van der Waals surface area contributed by atoms with Crippen LogP contribution < -0.4 is 16.2 Å². The molecule has 2 amide bonds. The van der Waals surface area contributed by atoms with Crippen molar-refractivity contribution < 1.29 is 9.59 Å². The van der Waals surface area contributed by atoms with Crippen LogP contribution in [0.3, 0.4) is 0 Å². The average Bonchev–Trinajstić information content (AvgIpc) is 2.76. The predicted molar refractivity (Wildman–Crippen MR) is 69.2 cm³/mol. The molecular formula is C11H16N4O2S. The first-order valence-corrected chi connectivity index (χ1v) is 6.58. The van der Waals surface area contributed by atoms with Crippen LogP contribution in [0.1, 0.15) is 9.67 Å². The summed E-state index contributed by atoms with van der Waals surface area (Å²) in [6.07, 6.45) is 0. The summed E-state index contributed by atoms with van der Waals surface area (Å²) in [5, 5.41) is 4.96. The van der Waals surface area contributed by atoms with E-state index in [1.807, 2.05) is 17.3 Å². The Morgan fingerprint density at radius 1 is 1.50 bits per heavy atom. The van der Waals surface area contributed by atoms with E-state index in [4.69, 9.17) is 0 Å². The van der Waals surface area contributed by atoms with Crippen LogP contribution in [-0.2, 0) is 4.79 Å². The van der Waals surface area contributed by atoms with Crippen molar-refractivity contribution in [3.05, 3.63) is 22.4 Å². The number of hydrazine groups is 1. The van der Waals surface area contributed by atoms with Gasteiger partial charge in [-0.1, -0.05) is 6.07 Å². The molecule has 98 valence electrons. The molecule has 0 radical (unpaired) electrons. The van der Waals surface area contributed by atoms with Crippen molar-refractivity contribution >= 4 is 23.2 Å². The number of hydrogen-bond acceptors (Lipinski definition) is 5. The summed E-state index contributed by atoms with van der Waals surface area (Å²) < 4.78 is 0. The zero-order valence-electron chi connectivity index (χ0n) is 10.1. The lowest BCUT2D eigenvalue weighted by atomic mass is 10.1. The zero-order valence-corrected chi connectivity index (χ0v) is 10.9. The molecule has 0 bridgehead atoms. The Labute approximate surface area is 109 Å². The molecule has 0 saturated carbocycles. The Morgan fingerprint density at radius 2 is 2.28 bits per heavy atom. The van der Waals surface area contributed by atoms with Gasteiger partial charge in [0.25, 0.3) is 11.8 Å². The number of thiophene rings is 1. The van der Waals surface area contributed by atoms with Gasteiger partial charge in [-0.15, -0.1) is 11.3 Å². The van der Waals surface area contributed by atoms with Gasteiger partial charge in [0.15, 0.2) is 0 Å². The number of carbonyl (C=O) groups excluding carboxylic acids is 2. The number of amides is 2. The molecule has 1 aromatic heterocycles. The van der Waals surface area contributed by atoms with Gasteiger partial charge < -0.3 is 5.32 Å². The molecule has 18 heavy (non-hydrogen) atoms. The van der Waals surface area contributed by atoms with E-state index in [1.165, 1.54) is 11.3 Å². The highest BCUT2D eigenvalue weighted by Crippen LogP contribution is 2.07. The van der Waals surface area contributed by atoms with Gasteiger partial charge in [0, 0.05) is 19.1 Å². The highest BCUT2D eigenvalue weighted by molar-refractivity contribution is 7.12. The fraction of sp³-hybridized carbons (Fsp3) is 0.455. The average molecular weight is 268 g/mol. The molecule has 1 saturated heterocycles. The van der Waals surface area contributed by atoms with Crippen molar-refractivity contribution in [3.63, 3.8) is 0 Å². The zero-order chi connectivity index (χ0) is 13.0. The molecule has 1 aliphatic rings. The predicted octanol–water partition coefficient (Wildman–Crippen LogP) is -0.587. The lowest BCUT2D eigenvalue weighted by Gasteiger charge is -2.35. The summed E-state index contributed by atoms with van der Waals surface area (Å²) in [5.74, 6) is -0.499. The van der Waals surface area contributed by atoms with E-state index in [1.54, 1.807) is 12.1 Å². The third-order valence-corrected chi connectivity index (χ3v) is 3.71. The van der Waals surface area contributed by atoms with E-state index in [2.05, 4.69) is 16.2 Å². The maximum atomic E-state index is 11.6. The summed E-state index contributed by atoms with van der Waals surface area (Å²) in [7, 11) is 1.90. The maximum absolute atomic E-state index is 11.6. The summed E-state index contributed by atoms with van der Waals surface area (Å²) in [5.41, 5.74) is 4.81. The van der Waals surface area contributed by atoms with Crippen molar-refractivity contribution in [1.29, 1.82) is 0 Å². The Morgan fingerprint density at radius 3 is 2.83 bits per heavy atom. The van der Waals surface area contributed by atoms with Crippen molar-refractivity contribution in [1.82, 2.24) is 21.1 Å². The molecular weight excluding hydrogens is 252 g/mol. The minimum Gasteiger partial charge on any atom is -0.314 e. The molecule has 6 nitrogen and oxygen atoms in total. The fourth-order valence-corrected chi connectivity index (χ4v) is 2.20. The molecule has 1 fully saturated rings. The third-order valence-electron chi connectivity index (χ3n) is 2.84. The molecule has 0 unspecified atom stereocenters. The van der Waals surface area contributed by atoms with Gasteiger partial charge in [0.2, 0.25) is 0 Å². The first kappa shape index (κ1) is 13.0. The van der Waals surface area contributed by atoms with Crippen LogP contribution in [0.2, 0.25) is 0 Å². The number of rotatable bonds is 4. The van der Waals surface area contributed by atoms with Gasteiger partial charge in [0.05, 0.1) is 11.4 Å². The Bertz CT molecular complexity index is 417. The molecule has 0 atom stereocenters. The third kappa shape index (κ3) is 3.28. The second-order valence-electron chi connectivity index (χ2n) is 4.21. The summed E-state index contributed by atoms with van der Waals surface area (Å²) in [4.78, 5) is 25.7. The number of nitrogens with zero attached hydrogens (tertiary/aromatic N) is 1. The molecule has 1 aromatic rings. The molecule has 7 heteroatoms. The van der Waals surface area contributed by atoms with E-state index in [9.17, 15) is 9.59 Å². The largest absolute Gasteiger partial charge is 0.314 e. The molecule has 2 heterocycles. The number of likely N-dealkylation sites (N-methyl/N-ethyl adjacent to an activating group) is 1. The number of hydrogen-bond donors (Lipinski definition) is 3. The highest BCUT2D eigenvalue weighted by Gasteiger charge is 2.22. The first-order valence-electron chi connectivity index (χ1n) is 5.70. The second-order valence-corrected chi connectivity index (χ2v) is 5.15. The van der Waals surface area contributed by atoms with Gasteiger partial charge in [-0.3, -0.25) is 25.3 Å². The minimum atomic E-state index is -0.286. The van der Waals surface area contributed by atoms with Crippen LogP contribution in [0.15, 0.2) is 17.5 Å². The monoisotopic (exact) mass is 268 g/mol. The van der Waals surface area contributed by atoms with E-state index >= 15 is 0 Å². The van der Waals surface area contributed by atoms with Gasteiger partial charge in [-0.25, -0.2) is 0 Å². The van der Waals surface area contributed by atoms with Crippen LogP contribution in [0.4, 0.5) is 0 Å². The summed E-state index contributed by atoms with van der Waals surface area (Å²) in [6, 6.07) is 3.90. The smallest absolute Gasteiger partial charge is 0.279 e. The lowest BCUT2D eigenvalue weighted by Crippen LogP contribution is -2.58. The molecule has 0 aromatic carbocycles. The van der Waals surface area contributed by atoms with Gasteiger partial charge in [0.1, 0.15) is 0 Å². The minimum absolute atomic E-state index is 0.214. The fourth-order valence-electron chi connectivity index (χ4n) is 1.58. The van der Waals surface area contributed by atoms with E-state index in [0.29, 0.717) is 10.9 Å². The standard InChI is InChI=1S/C11H16N4O2S/c1-15(8-5-12-6-8)7-10(16)13-14-11(17)9-3-2-4-18-9/h2-4,8,12H,5-7H2,1H3,(H,13,16)(H,14,17). The van der Waals surface area contributed by atoms with Crippen molar-refractivity contribution in [2.45, 2.75) is 6.04 Å². The quantitative estimate of drug-likeness (QED) is 0.638. The number of nitrogens with one attached hydrogen (secondary N) is 3. The van der Waals surface area contributed by atoms with Gasteiger partial charge in [-0.2, -0.15) is 0 Å². The SMILES string of the molecule is CN(CC(=O)NNC(=O)c1cccs1)C1CNC1. The van der Waals surface area contributed by atoms with Gasteiger partial charge >= 0.3 is 0 Å². The normalized spacial score (nSPS) is 15.2. The Kier molecular flexibility index (Phi) is 4.29. The van der Waals surface area contributed by atoms with Crippen LogP contribution in [0.25, 0.3) is 0 Å². The van der Waals surface area contributed by atoms with E-state index in [-0.39, 0.29) is 18.4 Å². The Hall–Kier alpha value is -1.44. The Balaban J connectivity index is 1.69. The van der Waals surface area contributed by atoms with Crippen molar-refractivity contribution in [3.8, 4) is 0 Å². The van der Waals surface area contributed by atoms with Crippen LogP contribution >= 0.6 is 11.3 Å². The van der Waals surface area contributed by atoms with E-state index in [0.717, 1.165) is 13.1 Å². The highest BCUT2D eigenvalue weighted by atomic mass is 32.1. The molecule has 1 aliphatic heterocycles. The summed E-state index contributed by atoms with van der Waals surface area (Å²) in [6.45, 7) is 2.09. The van der Waals surface area contributed by atoms with Crippen LogP contribution in [-0.4, -0.2) is 49.4 Å². The van der Waals surface area contributed by atoms with Crippen LogP contribution in [0, 0.1) is 0 Å². The summed E-state index contributed by atoms with van der Waals surface area (Å²) >= 11 is 1.33. The van der Waals surface area contributed by atoms with Crippen LogP contribution in [0.5, 0.6) is 0 Å².